The van der Waals surface area contributed by atoms with Crippen molar-refractivity contribution in [3.05, 3.63) is 35.9 Å². The lowest BCUT2D eigenvalue weighted by Gasteiger charge is -2.05. The molecule has 4 heteroatoms. The molecule has 0 atom stereocenters. The van der Waals surface area contributed by atoms with Gasteiger partial charge >= 0.3 is 0 Å². The van der Waals surface area contributed by atoms with E-state index in [0.717, 1.165) is 0 Å². The fourth-order valence-electron chi connectivity index (χ4n) is 1.11. The summed E-state index contributed by atoms with van der Waals surface area (Å²) in [7, 11) is 0. The second-order valence-corrected chi connectivity index (χ2v) is 3.02. The largest absolute Gasteiger partial charge is 0.378 e. The van der Waals surface area contributed by atoms with Gasteiger partial charge in [0.15, 0.2) is 0 Å². The number of nitrogens with one attached hydrogen (secondary N) is 1. The van der Waals surface area contributed by atoms with Crippen LogP contribution in [0.4, 0.5) is 0 Å². The summed E-state index contributed by atoms with van der Waals surface area (Å²) in [4.78, 5) is 11.5. The van der Waals surface area contributed by atoms with Crippen molar-refractivity contribution in [2.24, 2.45) is 5.73 Å². The number of carbonyl (C=O) groups excluding carboxylic acids is 1. The topological polar surface area (TPSA) is 64.3 Å². The fourth-order valence-corrected chi connectivity index (χ4v) is 1.11. The second kappa shape index (κ2) is 6.98. The Kier molecular flexibility index (Phi) is 5.43. The molecule has 1 rings (SSSR count). The number of hydrogen-bond donors (Lipinski definition) is 2. The second-order valence-electron chi connectivity index (χ2n) is 3.02. The van der Waals surface area contributed by atoms with Crippen molar-refractivity contribution in [2.45, 2.75) is 0 Å². The lowest BCUT2D eigenvalue weighted by molar-refractivity contribution is 0.0920. The van der Waals surface area contributed by atoms with Crippen LogP contribution >= 0.6 is 0 Å². The molecule has 0 aliphatic heterocycles. The van der Waals surface area contributed by atoms with Gasteiger partial charge in [-0.25, -0.2) is 0 Å². The zero-order chi connectivity index (χ0) is 10.9. The van der Waals surface area contributed by atoms with Crippen LogP contribution in [0.2, 0.25) is 0 Å². The molecule has 4 nitrogen and oxygen atoms in total. The van der Waals surface area contributed by atoms with Crippen molar-refractivity contribution in [3.8, 4) is 0 Å². The minimum atomic E-state index is -0.0769. The molecule has 0 bridgehead atoms. The Hall–Kier alpha value is -1.39. The standard InChI is InChI=1S/C11H16N2O2/c12-6-8-15-9-7-13-11(14)10-4-2-1-3-5-10/h1-5H,6-9,12H2,(H,13,14). The van der Waals surface area contributed by atoms with Crippen molar-refractivity contribution in [2.75, 3.05) is 26.3 Å². The molecule has 0 aromatic heterocycles. The summed E-state index contributed by atoms with van der Waals surface area (Å²) in [5, 5.41) is 2.75. The molecule has 0 fully saturated rings. The van der Waals surface area contributed by atoms with E-state index in [2.05, 4.69) is 5.32 Å². The fraction of sp³-hybridized carbons (Fsp3) is 0.364. The average Bonchev–Trinajstić information content (AvgIpc) is 2.30. The molecule has 1 amide bonds. The summed E-state index contributed by atoms with van der Waals surface area (Å²) in [6.45, 7) is 2.04. The van der Waals surface area contributed by atoms with Crippen LogP contribution < -0.4 is 11.1 Å². The Balaban J connectivity index is 2.20. The number of hydrogen-bond acceptors (Lipinski definition) is 3. The van der Waals surface area contributed by atoms with Crippen molar-refractivity contribution < 1.29 is 9.53 Å². The summed E-state index contributed by atoms with van der Waals surface area (Å²) in [5.41, 5.74) is 5.91. The first kappa shape index (κ1) is 11.7. The summed E-state index contributed by atoms with van der Waals surface area (Å²) >= 11 is 0. The van der Waals surface area contributed by atoms with Gasteiger partial charge in [0.25, 0.3) is 5.91 Å². The van der Waals surface area contributed by atoms with Crippen molar-refractivity contribution in [1.82, 2.24) is 5.32 Å². The third-order valence-corrected chi connectivity index (χ3v) is 1.83. The first-order chi connectivity index (χ1) is 7.34. The Labute approximate surface area is 89.4 Å². The van der Waals surface area contributed by atoms with E-state index in [9.17, 15) is 4.79 Å². The third kappa shape index (κ3) is 4.58. The Bertz CT molecular complexity index is 288. The quantitative estimate of drug-likeness (QED) is 0.665. The maximum atomic E-state index is 11.5. The van der Waals surface area contributed by atoms with Gasteiger partial charge in [-0.3, -0.25) is 4.79 Å². The molecule has 0 saturated heterocycles. The van der Waals surface area contributed by atoms with Crippen LogP contribution in [-0.2, 0) is 4.74 Å². The number of carbonyl (C=O) groups is 1. The van der Waals surface area contributed by atoms with E-state index in [4.69, 9.17) is 10.5 Å². The van der Waals surface area contributed by atoms with Crippen LogP contribution in [0, 0.1) is 0 Å². The van der Waals surface area contributed by atoms with Gasteiger partial charge in [0.2, 0.25) is 0 Å². The Morgan fingerprint density at radius 2 is 2.00 bits per heavy atom. The van der Waals surface area contributed by atoms with Crippen LogP contribution in [0.1, 0.15) is 10.4 Å². The third-order valence-electron chi connectivity index (χ3n) is 1.83. The molecule has 0 spiro atoms. The van der Waals surface area contributed by atoms with Crippen LogP contribution in [0.5, 0.6) is 0 Å². The number of nitrogens with two attached hydrogens (primary N) is 1. The molecule has 0 unspecified atom stereocenters. The number of benzene rings is 1. The van der Waals surface area contributed by atoms with E-state index < -0.39 is 0 Å². The predicted octanol–water partition coefficient (Wildman–Crippen LogP) is 0.392. The van der Waals surface area contributed by atoms with Gasteiger partial charge in [-0.2, -0.15) is 0 Å². The van der Waals surface area contributed by atoms with Gasteiger partial charge in [0.1, 0.15) is 0 Å². The first-order valence-corrected chi connectivity index (χ1v) is 4.95. The summed E-state index contributed by atoms with van der Waals surface area (Å²) < 4.78 is 5.13. The molecule has 0 aliphatic carbocycles. The van der Waals surface area contributed by atoms with Crippen LogP contribution in [0.3, 0.4) is 0 Å². The van der Waals surface area contributed by atoms with Gasteiger partial charge in [0, 0.05) is 18.7 Å². The van der Waals surface area contributed by atoms with Gasteiger partial charge in [-0.15, -0.1) is 0 Å². The minimum absolute atomic E-state index is 0.0769. The number of amides is 1. The van der Waals surface area contributed by atoms with Crippen LogP contribution in [-0.4, -0.2) is 32.2 Å². The highest BCUT2D eigenvalue weighted by molar-refractivity contribution is 5.94. The van der Waals surface area contributed by atoms with Crippen LogP contribution in [0.25, 0.3) is 0 Å². The number of ether oxygens (including phenoxy) is 1. The molecule has 0 aliphatic rings. The van der Waals surface area contributed by atoms with Crippen LogP contribution in [0.15, 0.2) is 30.3 Å². The molecule has 0 radical (unpaired) electrons. The van der Waals surface area contributed by atoms with Gasteiger partial charge in [-0.1, -0.05) is 18.2 Å². The van der Waals surface area contributed by atoms with E-state index in [1.54, 1.807) is 12.1 Å². The molecule has 15 heavy (non-hydrogen) atoms. The predicted molar refractivity (Wildman–Crippen MR) is 58.6 cm³/mol. The average molecular weight is 208 g/mol. The highest BCUT2D eigenvalue weighted by Crippen LogP contribution is 1.96. The smallest absolute Gasteiger partial charge is 0.251 e. The van der Waals surface area contributed by atoms with E-state index in [-0.39, 0.29) is 5.91 Å². The molecule has 1 aromatic carbocycles. The van der Waals surface area contributed by atoms with Crippen molar-refractivity contribution >= 4 is 5.91 Å². The van der Waals surface area contributed by atoms with Gasteiger partial charge < -0.3 is 15.8 Å². The molecule has 1 aromatic rings. The maximum absolute atomic E-state index is 11.5. The zero-order valence-electron chi connectivity index (χ0n) is 8.61. The molecule has 0 saturated carbocycles. The van der Waals surface area contributed by atoms with E-state index in [1.165, 1.54) is 0 Å². The summed E-state index contributed by atoms with van der Waals surface area (Å²) in [6.07, 6.45) is 0. The van der Waals surface area contributed by atoms with E-state index >= 15 is 0 Å². The molecule has 0 heterocycles. The van der Waals surface area contributed by atoms with E-state index in [0.29, 0.717) is 31.9 Å². The Morgan fingerprint density at radius 1 is 1.27 bits per heavy atom. The first-order valence-electron chi connectivity index (χ1n) is 4.95. The van der Waals surface area contributed by atoms with Gasteiger partial charge in [-0.05, 0) is 12.1 Å². The zero-order valence-corrected chi connectivity index (χ0v) is 8.61. The van der Waals surface area contributed by atoms with Gasteiger partial charge in [0.05, 0.1) is 13.2 Å². The highest BCUT2D eigenvalue weighted by atomic mass is 16.5. The van der Waals surface area contributed by atoms with Crippen molar-refractivity contribution in [1.29, 1.82) is 0 Å². The Morgan fingerprint density at radius 3 is 2.67 bits per heavy atom. The highest BCUT2D eigenvalue weighted by Gasteiger charge is 2.02. The maximum Gasteiger partial charge on any atom is 0.251 e. The monoisotopic (exact) mass is 208 g/mol. The lowest BCUT2D eigenvalue weighted by atomic mass is 10.2. The lowest BCUT2D eigenvalue weighted by Crippen LogP contribution is -2.27. The minimum Gasteiger partial charge on any atom is -0.378 e. The molecule has 3 N–H and O–H groups in total. The summed E-state index contributed by atoms with van der Waals surface area (Å²) in [6, 6.07) is 9.09. The SMILES string of the molecule is NCCOCCNC(=O)c1ccccc1. The van der Waals surface area contributed by atoms with E-state index in [1.807, 2.05) is 18.2 Å². The molecular formula is C11H16N2O2. The number of rotatable bonds is 6. The van der Waals surface area contributed by atoms with Crippen molar-refractivity contribution in [3.63, 3.8) is 0 Å². The summed E-state index contributed by atoms with van der Waals surface area (Å²) in [5.74, 6) is -0.0769. The molecule has 82 valence electrons. The normalized spacial score (nSPS) is 9.93. The molecular weight excluding hydrogens is 192 g/mol.